The molecule has 1 heterocycles. The van der Waals surface area contributed by atoms with Crippen LogP contribution in [0.25, 0.3) is 0 Å². The van der Waals surface area contributed by atoms with Gasteiger partial charge in [0.1, 0.15) is 12.3 Å². The van der Waals surface area contributed by atoms with Gasteiger partial charge in [-0.25, -0.2) is 0 Å². The highest BCUT2D eigenvalue weighted by molar-refractivity contribution is 5.86. The number of ether oxygens (including phenoxy) is 2. The van der Waals surface area contributed by atoms with E-state index in [-0.39, 0.29) is 30.3 Å². The van der Waals surface area contributed by atoms with Crippen molar-refractivity contribution in [3.8, 4) is 11.5 Å². The highest BCUT2D eigenvalue weighted by Crippen LogP contribution is 2.34. The van der Waals surface area contributed by atoms with Crippen LogP contribution in [0.2, 0.25) is 0 Å². The van der Waals surface area contributed by atoms with Gasteiger partial charge in [-0.3, -0.25) is 9.59 Å². The first kappa shape index (κ1) is 22.2. The molecule has 1 aromatic heterocycles. The smallest absolute Gasteiger partial charge is 0.242 e. The van der Waals surface area contributed by atoms with Crippen molar-refractivity contribution in [2.24, 2.45) is 5.92 Å². The van der Waals surface area contributed by atoms with Crippen LogP contribution in [0.5, 0.6) is 11.5 Å². The molecule has 32 heavy (non-hydrogen) atoms. The van der Waals surface area contributed by atoms with Gasteiger partial charge in [0.05, 0.1) is 27.0 Å². The van der Waals surface area contributed by atoms with Crippen LogP contribution >= 0.6 is 0 Å². The predicted octanol–water partition coefficient (Wildman–Crippen LogP) is 3.66. The fourth-order valence-corrected chi connectivity index (χ4v) is 4.09. The second kappa shape index (κ2) is 10.1. The molecule has 7 heteroatoms. The number of benzene rings is 1. The summed E-state index contributed by atoms with van der Waals surface area (Å²) in [4.78, 5) is 29.9. The lowest BCUT2D eigenvalue weighted by molar-refractivity contribution is -0.145. The molecule has 172 valence electrons. The Hall–Kier alpha value is -2.96. The molecule has 2 amide bonds. The molecule has 0 radical (unpaired) electrons. The lowest BCUT2D eigenvalue weighted by Gasteiger charge is -2.33. The van der Waals surface area contributed by atoms with Crippen LogP contribution in [0.4, 0.5) is 0 Å². The highest BCUT2D eigenvalue weighted by Gasteiger charge is 2.39. The number of amides is 2. The first-order chi connectivity index (χ1) is 15.6. The Labute approximate surface area is 189 Å². The monoisotopic (exact) mass is 440 g/mol. The minimum absolute atomic E-state index is 0.0403. The Bertz CT molecular complexity index is 918. The predicted molar refractivity (Wildman–Crippen MR) is 119 cm³/mol. The number of furan rings is 1. The Balaban J connectivity index is 1.44. The zero-order valence-electron chi connectivity index (χ0n) is 18.9. The maximum atomic E-state index is 13.3. The van der Waals surface area contributed by atoms with Gasteiger partial charge in [0.15, 0.2) is 11.5 Å². The van der Waals surface area contributed by atoms with Gasteiger partial charge in [0.25, 0.3) is 0 Å². The van der Waals surface area contributed by atoms with Crippen LogP contribution in [0, 0.1) is 5.92 Å². The largest absolute Gasteiger partial charge is 0.493 e. The molecule has 2 aliphatic carbocycles. The molecule has 0 spiro atoms. The summed E-state index contributed by atoms with van der Waals surface area (Å²) in [5.74, 6) is 2.29. The van der Waals surface area contributed by atoms with E-state index in [9.17, 15) is 9.59 Å². The summed E-state index contributed by atoms with van der Waals surface area (Å²) in [5, 5.41) is 0. The Kier molecular flexibility index (Phi) is 7.02. The Morgan fingerprint density at radius 1 is 1.06 bits per heavy atom. The third kappa shape index (κ3) is 5.26. The van der Waals surface area contributed by atoms with Gasteiger partial charge in [-0.15, -0.1) is 0 Å². The molecule has 2 aromatic rings. The van der Waals surface area contributed by atoms with Crippen LogP contribution in [0.3, 0.4) is 0 Å². The van der Waals surface area contributed by atoms with E-state index in [1.807, 2.05) is 35.2 Å². The molecule has 0 bridgehead atoms. The fraction of sp³-hybridized carbons (Fsp3) is 0.520. The van der Waals surface area contributed by atoms with Crippen molar-refractivity contribution >= 4 is 11.8 Å². The molecule has 1 aromatic carbocycles. The van der Waals surface area contributed by atoms with E-state index in [0.29, 0.717) is 31.0 Å². The van der Waals surface area contributed by atoms with Gasteiger partial charge in [-0.2, -0.15) is 0 Å². The van der Waals surface area contributed by atoms with Crippen molar-refractivity contribution in [3.05, 3.63) is 47.9 Å². The van der Waals surface area contributed by atoms with E-state index in [4.69, 9.17) is 13.9 Å². The molecular formula is C25H32N2O5. The summed E-state index contributed by atoms with van der Waals surface area (Å²) in [6.07, 6.45) is 7.27. The Morgan fingerprint density at radius 2 is 1.84 bits per heavy atom. The van der Waals surface area contributed by atoms with Gasteiger partial charge in [0.2, 0.25) is 11.8 Å². The topological polar surface area (TPSA) is 72.2 Å². The van der Waals surface area contributed by atoms with Gasteiger partial charge >= 0.3 is 0 Å². The Morgan fingerprint density at radius 3 is 2.44 bits per heavy atom. The number of methoxy groups -OCH3 is 2. The van der Waals surface area contributed by atoms with Gasteiger partial charge in [-0.1, -0.05) is 12.5 Å². The van der Waals surface area contributed by atoms with Crippen molar-refractivity contribution in [2.45, 2.75) is 51.1 Å². The number of hydrogen-bond donors (Lipinski definition) is 0. The van der Waals surface area contributed by atoms with E-state index in [1.54, 1.807) is 25.4 Å². The van der Waals surface area contributed by atoms with Crippen molar-refractivity contribution < 1.29 is 23.5 Å². The normalized spacial score (nSPS) is 15.7. The number of nitrogens with zero attached hydrogens (tertiary/aromatic N) is 2. The zero-order chi connectivity index (χ0) is 22.5. The molecule has 0 saturated heterocycles. The van der Waals surface area contributed by atoms with E-state index < -0.39 is 0 Å². The van der Waals surface area contributed by atoms with Gasteiger partial charge in [-0.05, 0) is 61.9 Å². The van der Waals surface area contributed by atoms with Crippen LogP contribution < -0.4 is 9.47 Å². The second-order valence-corrected chi connectivity index (χ2v) is 8.66. The van der Waals surface area contributed by atoms with Crippen LogP contribution in [0.1, 0.15) is 43.4 Å². The number of carbonyl (C=O) groups excluding carboxylic acids is 2. The van der Waals surface area contributed by atoms with E-state index in [1.165, 1.54) is 0 Å². The van der Waals surface area contributed by atoms with Gasteiger partial charge < -0.3 is 23.7 Å². The third-order valence-electron chi connectivity index (χ3n) is 6.43. The van der Waals surface area contributed by atoms with Crippen molar-refractivity contribution in [3.63, 3.8) is 0 Å². The SMILES string of the molecule is COc1ccc(CCN(Cc2ccco2)C(=O)CN(C(=O)C2CCC2)C2CC2)cc1OC. The van der Waals surface area contributed by atoms with E-state index in [2.05, 4.69) is 0 Å². The summed E-state index contributed by atoms with van der Waals surface area (Å²) >= 11 is 0. The summed E-state index contributed by atoms with van der Waals surface area (Å²) in [6, 6.07) is 9.71. The van der Waals surface area contributed by atoms with Crippen LogP contribution in [0.15, 0.2) is 41.0 Å². The van der Waals surface area contributed by atoms with Crippen molar-refractivity contribution in [1.29, 1.82) is 0 Å². The van der Waals surface area contributed by atoms with Crippen LogP contribution in [-0.2, 0) is 22.6 Å². The fourth-order valence-electron chi connectivity index (χ4n) is 4.09. The number of carbonyl (C=O) groups is 2. The molecule has 7 nitrogen and oxygen atoms in total. The van der Waals surface area contributed by atoms with Crippen molar-refractivity contribution in [2.75, 3.05) is 27.3 Å². The second-order valence-electron chi connectivity index (χ2n) is 8.66. The summed E-state index contributed by atoms with van der Waals surface area (Å²) in [6.45, 7) is 1.05. The first-order valence-corrected chi connectivity index (χ1v) is 11.4. The minimum atomic E-state index is -0.0403. The first-order valence-electron chi connectivity index (χ1n) is 11.4. The van der Waals surface area contributed by atoms with Crippen LogP contribution in [-0.4, -0.2) is 55.0 Å². The standard InChI is InChI=1S/C25H32N2O5/c1-30-22-11-8-18(15-23(22)31-2)12-13-26(16-21-7-4-14-32-21)24(28)17-27(20-9-10-20)25(29)19-5-3-6-19/h4,7-8,11,14-15,19-20H,3,5-6,9-10,12-13,16-17H2,1-2H3. The molecular weight excluding hydrogens is 408 g/mol. The molecule has 2 saturated carbocycles. The lowest BCUT2D eigenvalue weighted by atomic mass is 9.84. The molecule has 0 atom stereocenters. The van der Waals surface area contributed by atoms with Gasteiger partial charge in [0, 0.05) is 18.5 Å². The minimum Gasteiger partial charge on any atom is -0.493 e. The summed E-state index contributed by atoms with van der Waals surface area (Å²) < 4.78 is 16.2. The van der Waals surface area contributed by atoms with Crippen molar-refractivity contribution in [1.82, 2.24) is 9.80 Å². The quantitative estimate of drug-likeness (QED) is 0.533. The molecule has 0 N–H and O–H groups in total. The maximum absolute atomic E-state index is 13.3. The molecule has 0 unspecified atom stereocenters. The lowest BCUT2D eigenvalue weighted by Crippen LogP contribution is -2.47. The summed E-state index contributed by atoms with van der Waals surface area (Å²) in [5.41, 5.74) is 1.05. The molecule has 2 aliphatic rings. The molecule has 2 fully saturated rings. The number of hydrogen-bond acceptors (Lipinski definition) is 5. The highest BCUT2D eigenvalue weighted by atomic mass is 16.5. The summed E-state index contributed by atoms with van der Waals surface area (Å²) in [7, 11) is 3.22. The third-order valence-corrected chi connectivity index (χ3v) is 6.43. The average molecular weight is 441 g/mol. The molecule has 0 aliphatic heterocycles. The van der Waals surface area contributed by atoms with E-state index >= 15 is 0 Å². The van der Waals surface area contributed by atoms with E-state index in [0.717, 1.165) is 43.4 Å². The number of rotatable bonds is 11. The maximum Gasteiger partial charge on any atom is 0.242 e. The zero-order valence-corrected chi connectivity index (χ0v) is 18.9. The average Bonchev–Trinajstić information content (AvgIpc) is 3.48. The molecule has 4 rings (SSSR count).